The summed E-state index contributed by atoms with van der Waals surface area (Å²) in [6.45, 7) is 5.45. The number of rotatable bonds is 5. The van der Waals surface area contributed by atoms with Crippen LogP contribution in [0.1, 0.15) is 26.0 Å². The van der Waals surface area contributed by atoms with Gasteiger partial charge in [-0.25, -0.2) is 0 Å². The average Bonchev–Trinajstić information content (AvgIpc) is 2.72. The predicted octanol–water partition coefficient (Wildman–Crippen LogP) is 3.29. The molecule has 2 aromatic rings. The maximum Gasteiger partial charge on any atom is 0.136 e. The maximum atomic E-state index is 10.4. The highest BCUT2D eigenvalue weighted by Gasteiger charge is 2.26. The van der Waals surface area contributed by atoms with Gasteiger partial charge in [-0.2, -0.15) is 0 Å². The van der Waals surface area contributed by atoms with Gasteiger partial charge in [0.15, 0.2) is 0 Å². The average molecular weight is 268 g/mol. The van der Waals surface area contributed by atoms with E-state index < -0.39 is 5.60 Å². The highest BCUT2D eigenvalue weighted by atomic mass is 35.5. The molecule has 0 bridgehead atoms. The summed E-state index contributed by atoms with van der Waals surface area (Å²) >= 11 is 5.93. The molecule has 2 rings (SSSR count). The minimum Gasteiger partial charge on any atom is -0.458 e. The Bertz CT molecular complexity index is 534. The lowest BCUT2D eigenvalue weighted by Gasteiger charge is -2.20. The molecule has 0 aliphatic rings. The zero-order valence-electron chi connectivity index (χ0n) is 10.7. The Morgan fingerprint density at radius 2 is 2.17 bits per heavy atom. The third-order valence-electron chi connectivity index (χ3n) is 3.05. The quantitative estimate of drug-likeness (QED) is 0.817. The van der Waals surface area contributed by atoms with Crippen LogP contribution in [0.3, 0.4) is 0 Å². The van der Waals surface area contributed by atoms with Gasteiger partial charge in [0.05, 0.1) is 0 Å². The SMILES string of the molecule is CCNCCC(C)(O)c1cc2cc(Cl)ccc2o1. The zero-order valence-corrected chi connectivity index (χ0v) is 11.4. The summed E-state index contributed by atoms with van der Waals surface area (Å²) in [5.41, 5.74) is -0.216. The van der Waals surface area contributed by atoms with Gasteiger partial charge in [-0.1, -0.05) is 18.5 Å². The van der Waals surface area contributed by atoms with E-state index in [1.165, 1.54) is 0 Å². The first-order valence-electron chi connectivity index (χ1n) is 6.15. The van der Waals surface area contributed by atoms with Gasteiger partial charge < -0.3 is 14.8 Å². The fraction of sp³-hybridized carbons (Fsp3) is 0.429. The van der Waals surface area contributed by atoms with E-state index in [0.29, 0.717) is 17.2 Å². The molecule has 0 radical (unpaired) electrons. The lowest BCUT2D eigenvalue weighted by atomic mass is 9.99. The van der Waals surface area contributed by atoms with Crippen molar-refractivity contribution >= 4 is 22.6 Å². The second-order valence-electron chi connectivity index (χ2n) is 4.67. The van der Waals surface area contributed by atoms with Crippen molar-refractivity contribution in [3.8, 4) is 0 Å². The Balaban J connectivity index is 2.24. The molecule has 0 aliphatic heterocycles. The van der Waals surface area contributed by atoms with Gasteiger partial charge in [0.2, 0.25) is 0 Å². The molecule has 2 N–H and O–H groups in total. The van der Waals surface area contributed by atoms with Crippen LogP contribution < -0.4 is 5.32 Å². The highest BCUT2D eigenvalue weighted by Crippen LogP contribution is 2.31. The van der Waals surface area contributed by atoms with Crippen LogP contribution in [0.4, 0.5) is 0 Å². The Hall–Kier alpha value is -1.03. The number of halogens is 1. The summed E-state index contributed by atoms with van der Waals surface area (Å²) in [5.74, 6) is 0.581. The molecular weight excluding hydrogens is 250 g/mol. The predicted molar refractivity (Wildman–Crippen MR) is 74.0 cm³/mol. The number of aliphatic hydroxyl groups is 1. The minimum atomic E-state index is -0.965. The Morgan fingerprint density at radius 1 is 1.39 bits per heavy atom. The van der Waals surface area contributed by atoms with Crippen molar-refractivity contribution in [2.24, 2.45) is 0 Å². The van der Waals surface area contributed by atoms with E-state index >= 15 is 0 Å². The van der Waals surface area contributed by atoms with Crippen molar-refractivity contribution in [2.45, 2.75) is 25.9 Å². The lowest BCUT2D eigenvalue weighted by molar-refractivity contribution is 0.0273. The largest absolute Gasteiger partial charge is 0.458 e. The van der Waals surface area contributed by atoms with Crippen LogP contribution in [0.15, 0.2) is 28.7 Å². The smallest absolute Gasteiger partial charge is 0.136 e. The van der Waals surface area contributed by atoms with Crippen molar-refractivity contribution in [3.05, 3.63) is 35.0 Å². The summed E-state index contributed by atoms with van der Waals surface area (Å²) in [6, 6.07) is 7.30. The number of hydrogen-bond donors (Lipinski definition) is 2. The standard InChI is InChI=1S/C14H18ClNO2/c1-3-16-7-6-14(2,17)13-9-10-8-11(15)4-5-12(10)18-13/h4-5,8-9,16-17H,3,6-7H2,1-2H3. The fourth-order valence-corrected chi connectivity index (χ4v) is 2.09. The third-order valence-corrected chi connectivity index (χ3v) is 3.28. The van der Waals surface area contributed by atoms with Gasteiger partial charge in [-0.05, 0) is 50.7 Å². The van der Waals surface area contributed by atoms with Gasteiger partial charge in [-0.3, -0.25) is 0 Å². The molecule has 1 heterocycles. The van der Waals surface area contributed by atoms with Gasteiger partial charge in [0, 0.05) is 10.4 Å². The first-order chi connectivity index (χ1) is 8.53. The molecular formula is C14H18ClNO2. The molecule has 4 heteroatoms. The number of furan rings is 1. The van der Waals surface area contributed by atoms with E-state index in [1.54, 1.807) is 13.0 Å². The number of nitrogens with one attached hydrogen (secondary N) is 1. The van der Waals surface area contributed by atoms with Gasteiger partial charge in [0.25, 0.3) is 0 Å². The Labute approximate surface area is 112 Å². The van der Waals surface area contributed by atoms with E-state index in [9.17, 15) is 5.11 Å². The van der Waals surface area contributed by atoms with Gasteiger partial charge >= 0.3 is 0 Å². The van der Waals surface area contributed by atoms with E-state index in [-0.39, 0.29) is 0 Å². The molecule has 0 aliphatic carbocycles. The topological polar surface area (TPSA) is 45.4 Å². The summed E-state index contributed by atoms with van der Waals surface area (Å²) in [7, 11) is 0. The van der Waals surface area contributed by atoms with Crippen molar-refractivity contribution in [2.75, 3.05) is 13.1 Å². The third kappa shape index (κ3) is 2.86. The molecule has 1 aromatic heterocycles. The molecule has 0 saturated heterocycles. The first-order valence-corrected chi connectivity index (χ1v) is 6.53. The van der Waals surface area contributed by atoms with Crippen LogP contribution in [0.25, 0.3) is 11.0 Å². The molecule has 0 amide bonds. The molecule has 1 unspecified atom stereocenters. The summed E-state index contributed by atoms with van der Waals surface area (Å²) in [6.07, 6.45) is 0.606. The maximum absolute atomic E-state index is 10.4. The van der Waals surface area contributed by atoms with Crippen molar-refractivity contribution in [1.29, 1.82) is 0 Å². The molecule has 0 saturated carbocycles. The van der Waals surface area contributed by atoms with Gasteiger partial charge in [-0.15, -0.1) is 0 Å². The number of hydrogen-bond acceptors (Lipinski definition) is 3. The molecule has 1 aromatic carbocycles. The zero-order chi connectivity index (χ0) is 13.2. The van der Waals surface area contributed by atoms with Crippen LogP contribution in [-0.4, -0.2) is 18.2 Å². The molecule has 1 atom stereocenters. The molecule has 0 spiro atoms. The van der Waals surface area contributed by atoms with Gasteiger partial charge in [0.1, 0.15) is 16.9 Å². The van der Waals surface area contributed by atoms with Crippen LogP contribution in [0, 0.1) is 0 Å². The first kappa shape index (κ1) is 13.4. The van der Waals surface area contributed by atoms with Crippen LogP contribution in [0.5, 0.6) is 0 Å². The van der Waals surface area contributed by atoms with E-state index in [1.807, 2.05) is 25.1 Å². The van der Waals surface area contributed by atoms with Crippen molar-refractivity contribution in [3.63, 3.8) is 0 Å². The van der Waals surface area contributed by atoms with Crippen LogP contribution >= 0.6 is 11.6 Å². The monoisotopic (exact) mass is 267 g/mol. The summed E-state index contributed by atoms with van der Waals surface area (Å²) in [5, 5.41) is 15.2. The van der Waals surface area contributed by atoms with E-state index in [2.05, 4.69) is 5.32 Å². The lowest BCUT2D eigenvalue weighted by Crippen LogP contribution is -2.27. The second-order valence-corrected chi connectivity index (χ2v) is 5.11. The normalized spacial score (nSPS) is 14.9. The summed E-state index contributed by atoms with van der Waals surface area (Å²) < 4.78 is 5.68. The number of fused-ring (bicyclic) bond motifs is 1. The summed E-state index contributed by atoms with van der Waals surface area (Å²) in [4.78, 5) is 0. The second kappa shape index (κ2) is 5.31. The highest BCUT2D eigenvalue weighted by molar-refractivity contribution is 6.31. The molecule has 3 nitrogen and oxygen atoms in total. The number of benzene rings is 1. The molecule has 0 fully saturated rings. The molecule has 18 heavy (non-hydrogen) atoms. The van der Waals surface area contributed by atoms with E-state index in [4.69, 9.17) is 16.0 Å². The molecule has 98 valence electrons. The Morgan fingerprint density at radius 3 is 2.89 bits per heavy atom. The fourth-order valence-electron chi connectivity index (χ4n) is 1.91. The van der Waals surface area contributed by atoms with Crippen molar-refractivity contribution in [1.82, 2.24) is 5.32 Å². The Kier molecular flexibility index (Phi) is 3.95. The van der Waals surface area contributed by atoms with Crippen LogP contribution in [0.2, 0.25) is 5.02 Å². The van der Waals surface area contributed by atoms with E-state index in [0.717, 1.165) is 24.1 Å². The van der Waals surface area contributed by atoms with Crippen LogP contribution in [-0.2, 0) is 5.60 Å². The van der Waals surface area contributed by atoms with Crippen molar-refractivity contribution < 1.29 is 9.52 Å². The minimum absolute atomic E-state index is 0.581.